The molecule has 1 heteroatoms. The third-order valence-corrected chi connectivity index (χ3v) is 1.98. The molecule has 0 amide bonds. The Morgan fingerprint density at radius 3 is 2.67 bits per heavy atom. The number of rotatable bonds is 2. The number of nitrogens with two attached hydrogens (primary N) is 1. The molecule has 64 valence electrons. The van der Waals surface area contributed by atoms with Crippen LogP contribution in [0.1, 0.15) is 16.7 Å². The Labute approximate surface area is 73.9 Å². The van der Waals surface area contributed by atoms with Gasteiger partial charge < -0.3 is 5.73 Å². The van der Waals surface area contributed by atoms with E-state index in [0.717, 1.165) is 17.7 Å². The smallest absolute Gasteiger partial charge is 0.0379 e. The van der Waals surface area contributed by atoms with Gasteiger partial charge in [-0.15, -0.1) is 6.58 Å². The lowest BCUT2D eigenvalue weighted by molar-refractivity contribution is 1.23. The van der Waals surface area contributed by atoms with Crippen molar-refractivity contribution >= 4 is 5.69 Å². The highest BCUT2D eigenvalue weighted by Crippen LogP contribution is 2.19. The Kier molecular flexibility index (Phi) is 2.54. The highest BCUT2D eigenvalue weighted by molar-refractivity contribution is 5.55. The molecular formula is C11H15N. The second-order valence-corrected chi connectivity index (χ2v) is 3.15. The van der Waals surface area contributed by atoms with E-state index in [0.29, 0.717) is 0 Å². The molecule has 0 aromatic heterocycles. The van der Waals surface area contributed by atoms with Gasteiger partial charge in [0.25, 0.3) is 0 Å². The molecule has 0 radical (unpaired) electrons. The Hall–Kier alpha value is -1.24. The van der Waals surface area contributed by atoms with Crippen molar-refractivity contribution in [3.8, 4) is 0 Å². The Morgan fingerprint density at radius 1 is 1.42 bits per heavy atom. The van der Waals surface area contributed by atoms with Gasteiger partial charge in [-0.2, -0.15) is 0 Å². The number of allylic oxidation sites excluding steroid dienone is 1. The molecule has 1 rings (SSSR count). The first-order valence-corrected chi connectivity index (χ1v) is 4.11. The molecule has 0 spiro atoms. The van der Waals surface area contributed by atoms with Gasteiger partial charge in [0.2, 0.25) is 0 Å². The van der Waals surface area contributed by atoms with E-state index in [4.69, 9.17) is 5.73 Å². The fourth-order valence-corrected chi connectivity index (χ4v) is 1.39. The van der Waals surface area contributed by atoms with E-state index in [-0.39, 0.29) is 0 Å². The summed E-state index contributed by atoms with van der Waals surface area (Å²) in [6, 6.07) is 4.21. The fourth-order valence-electron chi connectivity index (χ4n) is 1.39. The van der Waals surface area contributed by atoms with Crippen LogP contribution in [0.5, 0.6) is 0 Å². The molecule has 2 N–H and O–H groups in total. The van der Waals surface area contributed by atoms with Crippen LogP contribution >= 0.6 is 0 Å². The summed E-state index contributed by atoms with van der Waals surface area (Å²) in [5.74, 6) is 0. The molecule has 0 bridgehead atoms. The molecule has 1 nitrogen and oxygen atoms in total. The van der Waals surface area contributed by atoms with Gasteiger partial charge in [0.05, 0.1) is 0 Å². The van der Waals surface area contributed by atoms with E-state index < -0.39 is 0 Å². The summed E-state index contributed by atoms with van der Waals surface area (Å²) in [7, 11) is 0. The van der Waals surface area contributed by atoms with Crippen LogP contribution in [0.25, 0.3) is 0 Å². The van der Waals surface area contributed by atoms with Gasteiger partial charge in [0.15, 0.2) is 0 Å². The normalized spacial score (nSPS) is 9.83. The first kappa shape index (κ1) is 8.85. The van der Waals surface area contributed by atoms with Crippen molar-refractivity contribution in [2.45, 2.75) is 20.3 Å². The van der Waals surface area contributed by atoms with Crippen LogP contribution in [-0.2, 0) is 6.42 Å². The molecule has 0 heterocycles. The van der Waals surface area contributed by atoms with Crippen LogP contribution in [0.2, 0.25) is 0 Å². The van der Waals surface area contributed by atoms with Crippen molar-refractivity contribution in [1.29, 1.82) is 0 Å². The number of benzene rings is 1. The first-order valence-electron chi connectivity index (χ1n) is 4.11. The molecule has 0 aliphatic carbocycles. The van der Waals surface area contributed by atoms with Gasteiger partial charge >= 0.3 is 0 Å². The van der Waals surface area contributed by atoms with Gasteiger partial charge in [-0.25, -0.2) is 0 Å². The number of anilines is 1. The first-order chi connectivity index (χ1) is 5.65. The minimum atomic E-state index is 0.856. The summed E-state index contributed by atoms with van der Waals surface area (Å²) >= 11 is 0. The van der Waals surface area contributed by atoms with Crippen LogP contribution < -0.4 is 5.73 Å². The maximum absolute atomic E-state index is 5.89. The number of nitrogen functional groups attached to an aromatic ring is 1. The number of hydrogen-bond donors (Lipinski definition) is 1. The minimum absolute atomic E-state index is 0.856. The average Bonchev–Trinajstić information content (AvgIpc) is 2.00. The zero-order chi connectivity index (χ0) is 9.14. The molecule has 0 unspecified atom stereocenters. The third-order valence-electron chi connectivity index (χ3n) is 1.98. The lowest BCUT2D eigenvalue weighted by Crippen LogP contribution is -1.97. The molecule has 0 saturated heterocycles. The van der Waals surface area contributed by atoms with E-state index in [1.165, 1.54) is 11.1 Å². The Bertz CT molecular complexity index is 300. The monoisotopic (exact) mass is 161 g/mol. The van der Waals surface area contributed by atoms with Crippen molar-refractivity contribution < 1.29 is 0 Å². The molecule has 1 aromatic rings. The summed E-state index contributed by atoms with van der Waals surface area (Å²) in [6.07, 6.45) is 2.74. The molecule has 0 saturated carbocycles. The van der Waals surface area contributed by atoms with Gasteiger partial charge in [-0.3, -0.25) is 0 Å². The van der Waals surface area contributed by atoms with E-state index in [1.807, 2.05) is 13.0 Å². The van der Waals surface area contributed by atoms with Crippen LogP contribution in [0.15, 0.2) is 24.8 Å². The lowest BCUT2D eigenvalue weighted by Gasteiger charge is -2.07. The van der Waals surface area contributed by atoms with Crippen molar-refractivity contribution in [1.82, 2.24) is 0 Å². The molecule has 12 heavy (non-hydrogen) atoms. The van der Waals surface area contributed by atoms with E-state index in [1.54, 1.807) is 0 Å². The summed E-state index contributed by atoms with van der Waals surface area (Å²) < 4.78 is 0. The summed E-state index contributed by atoms with van der Waals surface area (Å²) in [4.78, 5) is 0. The Balaban J connectivity index is 3.17. The second-order valence-electron chi connectivity index (χ2n) is 3.15. The highest BCUT2D eigenvalue weighted by atomic mass is 14.6. The molecular weight excluding hydrogens is 146 g/mol. The maximum atomic E-state index is 5.89. The lowest BCUT2D eigenvalue weighted by atomic mass is 10.0. The van der Waals surface area contributed by atoms with Gasteiger partial charge in [0, 0.05) is 5.69 Å². The predicted molar refractivity (Wildman–Crippen MR) is 54.2 cm³/mol. The molecule has 0 aliphatic heterocycles. The number of aryl methyl sites for hydroxylation is 2. The molecule has 1 aromatic carbocycles. The SMILES string of the molecule is C=CCc1cc(C)cc(C)c1N. The third kappa shape index (κ3) is 1.67. The largest absolute Gasteiger partial charge is 0.398 e. The number of hydrogen-bond acceptors (Lipinski definition) is 1. The van der Waals surface area contributed by atoms with Gasteiger partial charge in [-0.05, 0) is 31.4 Å². The predicted octanol–water partition coefficient (Wildman–Crippen LogP) is 2.61. The summed E-state index contributed by atoms with van der Waals surface area (Å²) in [5, 5.41) is 0. The van der Waals surface area contributed by atoms with Gasteiger partial charge in [0.1, 0.15) is 0 Å². The van der Waals surface area contributed by atoms with Crippen molar-refractivity contribution in [3.63, 3.8) is 0 Å². The van der Waals surface area contributed by atoms with Crippen molar-refractivity contribution in [2.75, 3.05) is 5.73 Å². The van der Waals surface area contributed by atoms with E-state index in [2.05, 4.69) is 25.6 Å². The van der Waals surface area contributed by atoms with Crippen LogP contribution in [0.4, 0.5) is 5.69 Å². The molecule has 0 atom stereocenters. The average molecular weight is 161 g/mol. The van der Waals surface area contributed by atoms with Crippen molar-refractivity contribution in [2.24, 2.45) is 0 Å². The zero-order valence-electron chi connectivity index (χ0n) is 7.72. The molecule has 0 aliphatic rings. The summed E-state index contributed by atoms with van der Waals surface area (Å²) in [5.41, 5.74) is 10.4. The molecule has 0 fully saturated rings. The highest BCUT2D eigenvalue weighted by Gasteiger charge is 2.00. The maximum Gasteiger partial charge on any atom is 0.0379 e. The zero-order valence-corrected chi connectivity index (χ0v) is 7.72. The minimum Gasteiger partial charge on any atom is -0.398 e. The van der Waals surface area contributed by atoms with E-state index >= 15 is 0 Å². The second kappa shape index (κ2) is 3.44. The van der Waals surface area contributed by atoms with Crippen LogP contribution in [-0.4, -0.2) is 0 Å². The quantitative estimate of drug-likeness (QED) is 0.523. The summed E-state index contributed by atoms with van der Waals surface area (Å²) in [6.45, 7) is 7.82. The standard InChI is InChI=1S/C11H15N/c1-4-5-10-7-8(2)6-9(3)11(10)12/h4,6-7H,1,5,12H2,2-3H3. The van der Waals surface area contributed by atoms with Crippen LogP contribution in [0, 0.1) is 13.8 Å². The Morgan fingerprint density at radius 2 is 2.08 bits per heavy atom. The van der Waals surface area contributed by atoms with Crippen molar-refractivity contribution in [3.05, 3.63) is 41.5 Å². The van der Waals surface area contributed by atoms with E-state index in [9.17, 15) is 0 Å². The topological polar surface area (TPSA) is 26.0 Å². The fraction of sp³-hybridized carbons (Fsp3) is 0.273. The van der Waals surface area contributed by atoms with Gasteiger partial charge in [-0.1, -0.05) is 23.8 Å². The van der Waals surface area contributed by atoms with Crippen LogP contribution in [0.3, 0.4) is 0 Å².